The molecule has 2 nitrogen and oxygen atoms in total. The van der Waals surface area contributed by atoms with Gasteiger partial charge in [-0.2, -0.15) is 0 Å². The summed E-state index contributed by atoms with van der Waals surface area (Å²) in [5.41, 5.74) is 2.75. The molecule has 0 unspecified atom stereocenters. The van der Waals surface area contributed by atoms with Crippen LogP contribution in [-0.4, -0.2) is 14.0 Å². The highest BCUT2D eigenvalue weighted by atomic mass is 28.3. The molecular weight excluding hydrogens is 322 g/mol. The zero-order chi connectivity index (χ0) is 18.3. The van der Waals surface area contributed by atoms with Gasteiger partial charge in [-0.25, -0.2) is 0 Å². The summed E-state index contributed by atoms with van der Waals surface area (Å²) in [7, 11) is -1.40. The van der Waals surface area contributed by atoms with Crippen molar-refractivity contribution < 1.29 is 4.79 Å². The van der Waals surface area contributed by atoms with Crippen molar-refractivity contribution in [2.45, 2.75) is 58.7 Å². The molecule has 2 aromatic rings. The molecule has 0 heterocycles. The Labute approximate surface area is 153 Å². The summed E-state index contributed by atoms with van der Waals surface area (Å²) in [6.45, 7) is 9.15. The molecule has 3 heteroatoms. The number of nitrogens with one attached hydrogen (secondary N) is 1. The first-order chi connectivity index (χ1) is 11.9. The molecule has 0 fully saturated rings. The van der Waals surface area contributed by atoms with Gasteiger partial charge in [-0.05, 0) is 31.2 Å². The summed E-state index contributed by atoms with van der Waals surface area (Å²) < 4.78 is 0. The van der Waals surface area contributed by atoms with Gasteiger partial charge in [-0.1, -0.05) is 86.8 Å². The van der Waals surface area contributed by atoms with Gasteiger partial charge in [0.15, 0.2) is 0 Å². The SMILES string of the molecule is CCCCCC[Si](C)(C)c1ccc(C(=O)Nc2ccc(C)cc2)cc1. The van der Waals surface area contributed by atoms with Gasteiger partial charge in [-0.3, -0.25) is 4.79 Å². The number of hydrogen-bond donors (Lipinski definition) is 1. The molecule has 0 atom stereocenters. The van der Waals surface area contributed by atoms with Crippen LogP contribution in [0, 0.1) is 6.92 Å². The minimum Gasteiger partial charge on any atom is -0.322 e. The summed E-state index contributed by atoms with van der Waals surface area (Å²) in [5, 5.41) is 4.40. The monoisotopic (exact) mass is 353 g/mol. The first-order valence-electron chi connectivity index (χ1n) is 9.41. The molecule has 134 valence electrons. The van der Waals surface area contributed by atoms with Crippen LogP contribution in [0.2, 0.25) is 19.1 Å². The highest BCUT2D eigenvalue weighted by Crippen LogP contribution is 2.17. The van der Waals surface area contributed by atoms with E-state index < -0.39 is 8.07 Å². The fourth-order valence-corrected chi connectivity index (χ4v) is 5.54. The maximum atomic E-state index is 12.4. The summed E-state index contributed by atoms with van der Waals surface area (Å²) in [5.74, 6) is -0.0437. The van der Waals surface area contributed by atoms with Crippen LogP contribution < -0.4 is 10.5 Å². The molecule has 0 saturated heterocycles. The second-order valence-corrected chi connectivity index (χ2v) is 12.4. The number of amides is 1. The molecule has 0 aliphatic rings. The molecule has 0 radical (unpaired) electrons. The molecule has 1 amide bonds. The third kappa shape index (κ3) is 5.85. The lowest BCUT2D eigenvalue weighted by Crippen LogP contribution is -2.41. The largest absolute Gasteiger partial charge is 0.322 e. The van der Waals surface area contributed by atoms with E-state index in [4.69, 9.17) is 0 Å². The van der Waals surface area contributed by atoms with Crippen molar-refractivity contribution in [3.8, 4) is 0 Å². The van der Waals surface area contributed by atoms with Gasteiger partial charge in [0.25, 0.3) is 5.91 Å². The topological polar surface area (TPSA) is 29.1 Å². The molecule has 0 bridgehead atoms. The van der Waals surface area contributed by atoms with Gasteiger partial charge in [0.2, 0.25) is 0 Å². The van der Waals surface area contributed by atoms with E-state index in [9.17, 15) is 4.79 Å². The van der Waals surface area contributed by atoms with E-state index in [-0.39, 0.29) is 5.91 Å². The third-order valence-electron chi connectivity index (χ3n) is 4.89. The molecule has 2 rings (SSSR count). The number of unbranched alkanes of at least 4 members (excludes halogenated alkanes) is 3. The maximum absolute atomic E-state index is 12.4. The second kappa shape index (κ2) is 9.00. The van der Waals surface area contributed by atoms with Crippen molar-refractivity contribution in [2.75, 3.05) is 5.32 Å². The minimum absolute atomic E-state index is 0.0437. The Hall–Kier alpha value is -1.87. The van der Waals surface area contributed by atoms with Crippen molar-refractivity contribution in [3.05, 3.63) is 59.7 Å². The molecule has 1 N–H and O–H groups in total. The highest BCUT2D eigenvalue weighted by molar-refractivity contribution is 6.89. The van der Waals surface area contributed by atoms with Crippen LogP contribution in [0.3, 0.4) is 0 Å². The maximum Gasteiger partial charge on any atom is 0.255 e. The van der Waals surface area contributed by atoms with Crippen LogP contribution in [0.25, 0.3) is 0 Å². The first-order valence-corrected chi connectivity index (χ1v) is 12.6. The van der Waals surface area contributed by atoms with Crippen molar-refractivity contribution in [1.29, 1.82) is 0 Å². The Kier molecular flexibility index (Phi) is 7.00. The highest BCUT2D eigenvalue weighted by Gasteiger charge is 2.22. The van der Waals surface area contributed by atoms with Crippen LogP contribution >= 0.6 is 0 Å². The van der Waals surface area contributed by atoms with Crippen LogP contribution in [0.4, 0.5) is 5.69 Å². The van der Waals surface area contributed by atoms with Crippen LogP contribution in [0.1, 0.15) is 48.5 Å². The fourth-order valence-electron chi connectivity index (χ4n) is 3.05. The predicted octanol–water partition coefficient (Wildman–Crippen LogP) is 5.74. The summed E-state index contributed by atoms with van der Waals surface area (Å²) in [4.78, 5) is 12.4. The third-order valence-corrected chi connectivity index (χ3v) is 8.39. The van der Waals surface area contributed by atoms with Crippen molar-refractivity contribution >= 4 is 24.9 Å². The van der Waals surface area contributed by atoms with Gasteiger partial charge in [0.1, 0.15) is 0 Å². The van der Waals surface area contributed by atoms with E-state index in [1.165, 1.54) is 42.5 Å². The van der Waals surface area contributed by atoms with Crippen molar-refractivity contribution in [1.82, 2.24) is 0 Å². The number of benzene rings is 2. The summed E-state index contributed by atoms with van der Waals surface area (Å²) in [6, 6.07) is 17.5. The smallest absolute Gasteiger partial charge is 0.255 e. The van der Waals surface area contributed by atoms with Crippen LogP contribution in [-0.2, 0) is 0 Å². The van der Waals surface area contributed by atoms with Gasteiger partial charge >= 0.3 is 0 Å². The Balaban J connectivity index is 1.98. The van der Waals surface area contributed by atoms with E-state index in [1.54, 1.807) is 0 Å². The average molecular weight is 354 g/mol. The Morgan fingerprint density at radius 2 is 1.56 bits per heavy atom. The number of carbonyl (C=O) groups excluding carboxylic acids is 1. The fraction of sp³-hybridized carbons (Fsp3) is 0.409. The zero-order valence-corrected chi connectivity index (χ0v) is 17.1. The molecular formula is C22H31NOSi. The van der Waals surface area contributed by atoms with Gasteiger partial charge in [-0.15, -0.1) is 0 Å². The lowest BCUT2D eigenvalue weighted by atomic mass is 10.2. The molecule has 0 aliphatic heterocycles. The molecule has 0 spiro atoms. The molecule has 0 aliphatic carbocycles. The quantitative estimate of drug-likeness (QED) is 0.475. The minimum atomic E-state index is -1.40. The molecule has 0 aromatic heterocycles. The number of hydrogen-bond acceptors (Lipinski definition) is 1. The van der Waals surface area contributed by atoms with Gasteiger partial charge in [0.05, 0.1) is 8.07 Å². The number of rotatable bonds is 8. The van der Waals surface area contributed by atoms with Gasteiger partial charge < -0.3 is 5.32 Å². The number of aryl methyl sites for hydroxylation is 1. The van der Waals surface area contributed by atoms with Crippen LogP contribution in [0.5, 0.6) is 0 Å². The Bertz CT molecular complexity index is 674. The number of carbonyl (C=O) groups is 1. The normalized spacial score (nSPS) is 11.4. The van der Waals surface area contributed by atoms with E-state index in [0.29, 0.717) is 0 Å². The Morgan fingerprint density at radius 3 is 2.16 bits per heavy atom. The van der Waals surface area contributed by atoms with E-state index in [2.05, 4.69) is 37.5 Å². The summed E-state index contributed by atoms with van der Waals surface area (Å²) >= 11 is 0. The summed E-state index contributed by atoms with van der Waals surface area (Å²) in [6.07, 6.45) is 5.28. The first kappa shape index (κ1) is 19.5. The van der Waals surface area contributed by atoms with Gasteiger partial charge in [0, 0.05) is 11.3 Å². The molecule has 0 saturated carbocycles. The second-order valence-electron chi connectivity index (χ2n) is 7.59. The molecule has 2 aromatic carbocycles. The predicted molar refractivity (Wildman–Crippen MR) is 112 cm³/mol. The Morgan fingerprint density at radius 1 is 0.920 bits per heavy atom. The zero-order valence-electron chi connectivity index (χ0n) is 16.1. The van der Waals surface area contributed by atoms with Crippen LogP contribution in [0.15, 0.2) is 48.5 Å². The van der Waals surface area contributed by atoms with Crippen molar-refractivity contribution in [2.24, 2.45) is 0 Å². The van der Waals surface area contributed by atoms with E-state index >= 15 is 0 Å². The molecule has 25 heavy (non-hydrogen) atoms. The lowest BCUT2D eigenvalue weighted by Gasteiger charge is -2.23. The van der Waals surface area contributed by atoms with E-state index in [0.717, 1.165) is 11.3 Å². The lowest BCUT2D eigenvalue weighted by molar-refractivity contribution is 0.102. The van der Waals surface area contributed by atoms with Crippen molar-refractivity contribution in [3.63, 3.8) is 0 Å². The number of anilines is 1. The standard InChI is InChI=1S/C22H31NOSi/c1-5-6-7-8-17-25(3,4)21-15-11-19(12-16-21)22(24)23-20-13-9-18(2)10-14-20/h9-16H,5-8,17H2,1-4H3,(H,23,24). The van der Waals surface area contributed by atoms with E-state index in [1.807, 2.05) is 43.3 Å². The average Bonchev–Trinajstić information content (AvgIpc) is 2.61.